The average molecular weight is 644 g/mol. The molecule has 1 aromatic heterocycles. The van der Waals surface area contributed by atoms with Crippen molar-refractivity contribution >= 4 is 26.8 Å². The summed E-state index contributed by atoms with van der Waals surface area (Å²) in [5.41, 5.74) is 2.53. The van der Waals surface area contributed by atoms with Gasteiger partial charge in [-0.25, -0.2) is 0 Å². The molecular weight excluding hydrogens is 588 g/mol. The zero-order valence-electron chi connectivity index (χ0n) is 27.9. The molecule has 1 atom stereocenters. The minimum absolute atomic E-state index is 0.151. The predicted octanol–water partition coefficient (Wildman–Crippen LogP) is 8.16. The summed E-state index contributed by atoms with van der Waals surface area (Å²) in [5, 5.41) is 11.2. The summed E-state index contributed by atoms with van der Waals surface area (Å²) in [5.74, 6) is -0.531. The summed E-state index contributed by atoms with van der Waals surface area (Å²) < 4.78 is 38.8. The Hall–Kier alpha value is -2.88. The number of aromatic hydroxyl groups is 1. The molecule has 2 N–H and O–H groups in total. The maximum Gasteiger partial charge on any atom is 0.265 e. The van der Waals surface area contributed by atoms with E-state index in [9.17, 15) is 22.9 Å². The molecule has 0 bridgehead atoms. The van der Waals surface area contributed by atoms with Gasteiger partial charge in [0.1, 0.15) is 12.1 Å². The van der Waals surface area contributed by atoms with Crippen LogP contribution in [0.5, 0.6) is 5.75 Å². The number of hydrogen-bond acceptors (Lipinski definition) is 6. The molecular formula is C36H55N2O6S+. The first-order valence-electron chi connectivity index (χ1n) is 16.9. The average Bonchev–Trinajstić information content (AvgIpc) is 3.00. The number of hydrogen-bond donors (Lipinski definition) is 2. The van der Waals surface area contributed by atoms with Gasteiger partial charge in [0.25, 0.3) is 10.1 Å². The lowest BCUT2D eigenvalue weighted by Gasteiger charge is -2.35. The molecule has 8 nitrogen and oxygen atoms in total. The van der Waals surface area contributed by atoms with Crippen LogP contribution in [0.1, 0.15) is 97.0 Å². The molecule has 2 aromatic carbocycles. The van der Waals surface area contributed by atoms with Crippen LogP contribution in [-0.2, 0) is 16.7 Å². The summed E-state index contributed by atoms with van der Waals surface area (Å²) >= 11 is 0. The molecule has 0 saturated carbocycles. The van der Waals surface area contributed by atoms with Gasteiger partial charge in [0.05, 0.1) is 31.3 Å². The maximum atomic E-state index is 13.3. The topological polar surface area (TPSA) is 108 Å². The number of nitrogens with zero attached hydrogens (tertiary/aromatic N) is 2. The van der Waals surface area contributed by atoms with Crippen molar-refractivity contribution in [3.05, 3.63) is 58.3 Å². The molecule has 1 unspecified atom stereocenters. The third-order valence-electron chi connectivity index (χ3n) is 8.90. The first kappa shape index (κ1) is 36.6. The Balaban J connectivity index is 1.73. The first-order valence-corrected chi connectivity index (χ1v) is 18.5. The van der Waals surface area contributed by atoms with Crippen LogP contribution in [0.15, 0.2) is 51.7 Å². The van der Waals surface area contributed by atoms with Crippen molar-refractivity contribution in [1.29, 1.82) is 0 Å². The Bertz CT molecular complexity index is 1500. The second-order valence-electron chi connectivity index (χ2n) is 12.7. The van der Waals surface area contributed by atoms with Gasteiger partial charge >= 0.3 is 0 Å². The summed E-state index contributed by atoms with van der Waals surface area (Å²) in [6, 6.07) is 13.1. The highest BCUT2D eigenvalue weighted by atomic mass is 32.2. The van der Waals surface area contributed by atoms with Gasteiger partial charge in [-0.2, -0.15) is 8.42 Å². The van der Waals surface area contributed by atoms with E-state index in [1.54, 1.807) is 12.1 Å². The second-order valence-corrected chi connectivity index (χ2v) is 14.3. The summed E-state index contributed by atoms with van der Waals surface area (Å²) in [6.45, 7) is 10.2. The molecule has 0 aliphatic heterocycles. The van der Waals surface area contributed by atoms with E-state index >= 15 is 0 Å². The van der Waals surface area contributed by atoms with E-state index in [1.807, 2.05) is 30.3 Å². The van der Waals surface area contributed by atoms with Crippen molar-refractivity contribution in [1.82, 2.24) is 0 Å². The molecule has 0 aliphatic rings. The van der Waals surface area contributed by atoms with Crippen molar-refractivity contribution < 1.29 is 27.0 Å². The van der Waals surface area contributed by atoms with E-state index in [2.05, 4.69) is 32.7 Å². The van der Waals surface area contributed by atoms with Crippen LogP contribution in [0, 0.1) is 0 Å². The zero-order valence-corrected chi connectivity index (χ0v) is 28.7. The highest BCUT2D eigenvalue weighted by Gasteiger charge is 2.24. The maximum absolute atomic E-state index is 13.3. The fraction of sp³-hybridized carbons (Fsp3) is 0.583. The molecule has 0 amide bonds. The normalized spacial score (nSPS) is 13.3. The molecule has 0 spiro atoms. The van der Waals surface area contributed by atoms with Gasteiger partial charge in [-0.1, -0.05) is 58.3 Å². The number of fused-ring (bicyclic) bond motifs is 1. The number of benzene rings is 2. The predicted molar refractivity (Wildman–Crippen MR) is 186 cm³/mol. The lowest BCUT2D eigenvalue weighted by atomic mass is 10.1. The van der Waals surface area contributed by atoms with E-state index in [0.29, 0.717) is 40.5 Å². The molecule has 0 radical (unpaired) electrons. The fourth-order valence-electron chi connectivity index (χ4n) is 6.26. The first-order chi connectivity index (χ1) is 21.5. The SMILES string of the molecule is CCCCCCCCCCCC[N+](C)(CCCS(=O)(=O)O)Cc1ccc2oc(-c3ccc(N(CC)CC)cc3)c(O)c(=O)c2c1. The molecule has 250 valence electrons. The molecule has 0 fully saturated rings. The Kier molecular flexibility index (Phi) is 14.4. The highest BCUT2D eigenvalue weighted by molar-refractivity contribution is 7.85. The largest absolute Gasteiger partial charge is 0.502 e. The monoisotopic (exact) mass is 643 g/mol. The van der Waals surface area contributed by atoms with Gasteiger partial charge in [-0.3, -0.25) is 9.35 Å². The number of anilines is 1. The van der Waals surface area contributed by atoms with Crippen LogP contribution < -0.4 is 10.3 Å². The van der Waals surface area contributed by atoms with Crippen molar-refractivity contribution in [2.75, 3.05) is 43.9 Å². The molecule has 0 aliphatic carbocycles. The van der Waals surface area contributed by atoms with Crippen molar-refractivity contribution in [2.45, 2.75) is 97.9 Å². The standard InChI is InChI=1S/C36H54N2O6S/c1-5-8-9-10-11-12-13-14-15-16-24-38(4,25-17-26-45(41,42)43)28-29-18-23-33-32(27-29)34(39)35(40)36(44-33)30-19-21-31(22-20-30)37(6-2)7-3/h18-23,27H,5-17,24-26,28H2,1-4H3,(H-,40,41,42,43)/p+1. The zero-order chi connectivity index (χ0) is 32.9. The Morgan fingerprint density at radius 2 is 1.38 bits per heavy atom. The third-order valence-corrected chi connectivity index (χ3v) is 9.71. The van der Waals surface area contributed by atoms with E-state index in [0.717, 1.165) is 43.7 Å². The van der Waals surface area contributed by atoms with Crippen LogP contribution in [0.3, 0.4) is 0 Å². The van der Waals surface area contributed by atoms with Gasteiger partial charge in [0.15, 0.2) is 5.76 Å². The number of quaternary nitrogens is 1. The Labute approximate surface area is 270 Å². The van der Waals surface area contributed by atoms with E-state index < -0.39 is 21.3 Å². The third kappa shape index (κ3) is 11.5. The van der Waals surface area contributed by atoms with Crippen LogP contribution in [0.25, 0.3) is 22.3 Å². The Morgan fingerprint density at radius 3 is 1.96 bits per heavy atom. The molecule has 9 heteroatoms. The Morgan fingerprint density at radius 1 is 0.800 bits per heavy atom. The summed E-state index contributed by atoms with van der Waals surface area (Å²) in [6.07, 6.45) is 12.7. The smallest absolute Gasteiger partial charge is 0.265 e. The van der Waals surface area contributed by atoms with Crippen LogP contribution >= 0.6 is 0 Å². The van der Waals surface area contributed by atoms with Crippen LogP contribution in [0.2, 0.25) is 0 Å². The van der Waals surface area contributed by atoms with Gasteiger partial charge in [-0.05, 0) is 69.2 Å². The van der Waals surface area contributed by atoms with Gasteiger partial charge < -0.3 is 18.9 Å². The summed E-state index contributed by atoms with van der Waals surface area (Å²) in [7, 11) is -1.93. The lowest BCUT2D eigenvalue weighted by molar-refractivity contribution is -0.922. The van der Waals surface area contributed by atoms with Crippen LogP contribution in [0.4, 0.5) is 5.69 Å². The van der Waals surface area contributed by atoms with Crippen molar-refractivity contribution in [3.8, 4) is 17.1 Å². The highest BCUT2D eigenvalue weighted by Crippen LogP contribution is 2.32. The van der Waals surface area contributed by atoms with E-state index in [1.165, 1.54) is 51.4 Å². The minimum atomic E-state index is -4.03. The molecule has 3 aromatic rings. The van der Waals surface area contributed by atoms with Crippen molar-refractivity contribution in [2.24, 2.45) is 0 Å². The van der Waals surface area contributed by atoms with Gasteiger partial charge in [0, 0.05) is 36.3 Å². The van der Waals surface area contributed by atoms with Crippen molar-refractivity contribution in [3.63, 3.8) is 0 Å². The van der Waals surface area contributed by atoms with Gasteiger partial charge in [-0.15, -0.1) is 0 Å². The number of unbranched alkanes of at least 4 members (excludes halogenated alkanes) is 9. The van der Waals surface area contributed by atoms with Crippen LogP contribution in [-0.4, -0.2) is 61.5 Å². The lowest BCUT2D eigenvalue weighted by Crippen LogP contribution is -2.45. The van der Waals surface area contributed by atoms with E-state index in [-0.39, 0.29) is 11.5 Å². The molecule has 3 rings (SSSR count). The molecule has 0 saturated heterocycles. The van der Waals surface area contributed by atoms with E-state index in [4.69, 9.17) is 4.42 Å². The minimum Gasteiger partial charge on any atom is -0.502 e. The molecule has 1 heterocycles. The summed E-state index contributed by atoms with van der Waals surface area (Å²) in [4.78, 5) is 15.6. The second kappa shape index (κ2) is 17.7. The number of rotatable bonds is 21. The fourth-order valence-corrected chi connectivity index (χ4v) is 6.75. The van der Waals surface area contributed by atoms with Gasteiger partial charge in [0.2, 0.25) is 11.2 Å². The quantitative estimate of drug-likeness (QED) is 0.0685. The molecule has 45 heavy (non-hydrogen) atoms.